The fourth-order valence-corrected chi connectivity index (χ4v) is 3.38. The van der Waals surface area contributed by atoms with Crippen molar-refractivity contribution in [1.82, 2.24) is 10.6 Å². The minimum absolute atomic E-state index is 0.291. The molecule has 0 spiro atoms. The maximum absolute atomic E-state index is 12.7. The lowest BCUT2D eigenvalue weighted by Crippen LogP contribution is -2.21. The van der Waals surface area contributed by atoms with E-state index in [1.807, 2.05) is 62.4 Å². The largest absolute Gasteiger partial charge is 0.494 e. The number of fused-ring (bicyclic) bond motifs is 1. The molecular weight excluding hydrogens is 356 g/mol. The number of nitrogens with one attached hydrogen (secondary N) is 2. The van der Waals surface area contributed by atoms with E-state index in [0.717, 1.165) is 22.6 Å². The van der Waals surface area contributed by atoms with Crippen molar-refractivity contribution in [3.05, 3.63) is 70.8 Å². The molecular formula is C22H20N2O4. The number of rotatable bonds is 6. The number of hydrogen-bond donors (Lipinski definition) is 2. The maximum atomic E-state index is 12.7. The van der Waals surface area contributed by atoms with Gasteiger partial charge in [0.2, 0.25) is 0 Å². The molecule has 2 aliphatic rings. The highest BCUT2D eigenvalue weighted by Crippen LogP contribution is 2.37. The van der Waals surface area contributed by atoms with Gasteiger partial charge in [-0.1, -0.05) is 0 Å². The Hall–Kier alpha value is -3.54. The molecule has 2 amide bonds. The van der Waals surface area contributed by atoms with Gasteiger partial charge in [-0.25, -0.2) is 0 Å². The van der Waals surface area contributed by atoms with Gasteiger partial charge in [0.25, 0.3) is 11.8 Å². The zero-order chi connectivity index (χ0) is 19.7. The Kier molecular flexibility index (Phi) is 4.61. The first-order valence-electron chi connectivity index (χ1n) is 9.20. The van der Waals surface area contributed by atoms with Crippen molar-refractivity contribution in [2.24, 2.45) is 0 Å². The number of amides is 2. The van der Waals surface area contributed by atoms with Crippen LogP contribution in [0.2, 0.25) is 0 Å². The number of hydrogen-bond acceptors (Lipinski definition) is 4. The molecule has 0 fully saturated rings. The Morgan fingerprint density at radius 3 is 1.32 bits per heavy atom. The van der Waals surface area contributed by atoms with Crippen molar-refractivity contribution < 1.29 is 19.1 Å². The van der Waals surface area contributed by atoms with E-state index >= 15 is 0 Å². The summed E-state index contributed by atoms with van der Waals surface area (Å²) in [4.78, 5) is 25.3. The first-order chi connectivity index (χ1) is 13.6. The minimum atomic E-state index is -0.291. The number of benzene rings is 2. The monoisotopic (exact) mass is 376 g/mol. The molecule has 0 atom stereocenters. The Morgan fingerprint density at radius 2 is 1.00 bits per heavy atom. The van der Waals surface area contributed by atoms with Crippen molar-refractivity contribution in [3.8, 4) is 11.5 Å². The van der Waals surface area contributed by atoms with Crippen molar-refractivity contribution in [2.75, 3.05) is 13.2 Å². The van der Waals surface area contributed by atoms with Gasteiger partial charge in [-0.2, -0.15) is 0 Å². The van der Waals surface area contributed by atoms with Crippen LogP contribution in [0.1, 0.15) is 25.0 Å². The van der Waals surface area contributed by atoms with Crippen LogP contribution in [0.15, 0.2) is 59.7 Å². The normalized spacial score (nSPS) is 15.5. The highest BCUT2D eigenvalue weighted by Gasteiger charge is 2.40. The molecule has 0 radical (unpaired) electrons. The van der Waals surface area contributed by atoms with Gasteiger partial charge >= 0.3 is 0 Å². The summed E-state index contributed by atoms with van der Waals surface area (Å²) in [6.07, 6.45) is 0. The molecule has 142 valence electrons. The van der Waals surface area contributed by atoms with Crippen molar-refractivity contribution in [2.45, 2.75) is 13.8 Å². The van der Waals surface area contributed by atoms with Crippen LogP contribution in [0.4, 0.5) is 0 Å². The molecule has 2 aromatic rings. The predicted octanol–water partition coefficient (Wildman–Crippen LogP) is 2.87. The molecule has 0 saturated carbocycles. The third-order valence-electron chi connectivity index (χ3n) is 4.59. The molecule has 28 heavy (non-hydrogen) atoms. The van der Waals surface area contributed by atoms with Gasteiger partial charge in [0, 0.05) is 0 Å². The lowest BCUT2D eigenvalue weighted by atomic mass is 10.0. The minimum Gasteiger partial charge on any atom is -0.494 e. The highest BCUT2D eigenvalue weighted by atomic mass is 16.5. The molecule has 6 nitrogen and oxygen atoms in total. The van der Waals surface area contributed by atoms with E-state index in [4.69, 9.17) is 9.47 Å². The molecule has 2 aliphatic heterocycles. The van der Waals surface area contributed by atoms with E-state index in [1.54, 1.807) is 0 Å². The first kappa shape index (κ1) is 17.9. The molecule has 6 heteroatoms. The van der Waals surface area contributed by atoms with Crippen molar-refractivity contribution >= 4 is 23.2 Å². The zero-order valence-electron chi connectivity index (χ0n) is 15.7. The molecule has 0 unspecified atom stereocenters. The van der Waals surface area contributed by atoms with Gasteiger partial charge in [0.1, 0.15) is 11.5 Å². The fraction of sp³-hybridized carbons (Fsp3) is 0.182. The summed E-state index contributed by atoms with van der Waals surface area (Å²) < 4.78 is 10.9. The third-order valence-corrected chi connectivity index (χ3v) is 4.59. The molecule has 4 rings (SSSR count). The summed E-state index contributed by atoms with van der Waals surface area (Å²) in [5.41, 5.74) is 3.29. The maximum Gasteiger partial charge on any atom is 0.258 e. The fourth-order valence-electron chi connectivity index (χ4n) is 3.38. The van der Waals surface area contributed by atoms with E-state index in [9.17, 15) is 9.59 Å². The van der Waals surface area contributed by atoms with Crippen LogP contribution in [0.3, 0.4) is 0 Å². The molecule has 2 N–H and O–H groups in total. The summed E-state index contributed by atoms with van der Waals surface area (Å²) in [7, 11) is 0. The molecule has 2 heterocycles. The number of carbonyl (C=O) groups excluding carboxylic acids is 2. The average Bonchev–Trinajstić information content (AvgIpc) is 3.22. The molecule has 2 aromatic carbocycles. The van der Waals surface area contributed by atoms with Gasteiger partial charge in [0.15, 0.2) is 0 Å². The van der Waals surface area contributed by atoms with Crippen LogP contribution < -0.4 is 20.1 Å². The first-order valence-corrected chi connectivity index (χ1v) is 9.20. The van der Waals surface area contributed by atoms with Crippen LogP contribution >= 0.6 is 0 Å². The molecule has 0 saturated heterocycles. The lowest BCUT2D eigenvalue weighted by Gasteiger charge is -2.09. The highest BCUT2D eigenvalue weighted by molar-refractivity contribution is 6.30. The van der Waals surface area contributed by atoms with Crippen molar-refractivity contribution in [3.63, 3.8) is 0 Å². The summed E-state index contributed by atoms with van der Waals surface area (Å²) in [6.45, 7) is 4.98. The van der Waals surface area contributed by atoms with Gasteiger partial charge in [-0.15, -0.1) is 0 Å². The van der Waals surface area contributed by atoms with Gasteiger partial charge in [-0.3, -0.25) is 9.59 Å². The Morgan fingerprint density at radius 1 is 0.643 bits per heavy atom. The van der Waals surface area contributed by atoms with E-state index in [2.05, 4.69) is 10.6 Å². The molecule has 0 bridgehead atoms. The smallest absolute Gasteiger partial charge is 0.258 e. The van der Waals surface area contributed by atoms with Gasteiger partial charge in [0.05, 0.1) is 35.8 Å². The van der Waals surface area contributed by atoms with Crippen LogP contribution in [0.25, 0.3) is 11.4 Å². The predicted molar refractivity (Wildman–Crippen MR) is 105 cm³/mol. The van der Waals surface area contributed by atoms with Crippen LogP contribution in [0, 0.1) is 0 Å². The van der Waals surface area contributed by atoms with Crippen LogP contribution in [-0.2, 0) is 9.59 Å². The summed E-state index contributed by atoms with van der Waals surface area (Å²) in [6, 6.07) is 14.6. The van der Waals surface area contributed by atoms with E-state index in [0.29, 0.717) is 35.8 Å². The van der Waals surface area contributed by atoms with Crippen molar-refractivity contribution in [1.29, 1.82) is 0 Å². The molecule has 0 aromatic heterocycles. The van der Waals surface area contributed by atoms with E-state index in [1.165, 1.54) is 0 Å². The quantitative estimate of drug-likeness (QED) is 0.813. The van der Waals surface area contributed by atoms with Gasteiger partial charge < -0.3 is 20.1 Å². The molecule has 0 aliphatic carbocycles. The Labute approximate surface area is 162 Å². The Bertz CT molecular complexity index is 918. The number of ether oxygens (including phenoxy) is 2. The third kappa shape index (κ3) is 3.03. The summed E-state index contributed by atoms with van der Waals surface area (Å²) in [5.74, 6) is 0.896. The van der Waals surface area contributed by atoms with Gasteiger partial charge in [-0.05, 0) is 73.5 Å². The summed E-state index contributed by atoms with van der Waals surface area (Å²) in [5, 5.41) is 5.68. The van der Waals surface area contributed by atoms with E-state index in [-0.39, 0.29) is 11.8 Å². The van der Waals surface area contributed by atoms with E-state index < -0.39 is 0 Å². The topological polar surface area (TPSA) is 76.7 Å². The lowest BCUT2D eigenvalue weighted by molar-refractivity contribution is -0.117. The second-order valence-electron chi connectivity index (χ2n) is 6.32. The SMILES string of the molecule is CCOc1ccc(C2=C3C(=O)NC(c4ccc(OCC)cc4)=C3C(=O)N2)cc1. The second-order valence-corrected chi connectivity index (χ2v) is 6.32. The standard InChI is InChI=1S/C22H20N2O4/c1-3-27-15-9-5-13(6-10-15)19-17-18(22(26)23-19)20(24-21(17)25)14-7-11-16(12-8-14)28-4-2/h5-12H,3-4H2,1-2H3,(H,23,26)(H,24,25). The van der Waals surface area contributed by atoms with Crippen LogP contribution in [0.5, 0.6) is 11.5 Å². The van der Waals surface area contributed by atoms with Crippen LogP contribution in [-0.4, -0.2) is 25.0 Å². The zero-order valence-corrected chi connectivity index (χ0v) is 15.7. The number of carbonyl (C=O) groups is 2. The summed E-state index contributed by atoms with van der Waals surface area (Å²) >= 11 is 0. The Balaban J connectivity index is 1.74. The second kappa shape index (κ2) is 7.23. The average molecular weight is 376 g/mol.